The predicted octanol–water partition coefficient (Wildman–Crippen LogP) is 8.97. The van der Waals surface area contributed by atoms with E-state index in [-0.39, 0.29) is 90.5 Å². The summed E-state index contributed by atoms with van der Waals surface area (Å²) in [6, 6.07) is 17.5. The van der Waals surface area contributed by atoms with Gasteiger partial charge in [0.1, 0.15) is 46.9 Å². The van der Waals surface area contributed by atoms with Crippen molar-refractivity contribution >= 4 is 62.6 Å². The number of carbonyl (C=O) groups is 3. The van der Waals surface area contributed by atoms with Crippen LogP contribution in [0.25, 0.3) is 43.4 Å². The molecule has 22 heteroatoms. The molecule has 3 N–H and O–H groups in total. The number of thiazole rings is 1. The second-order valence-electron chi connectivity index (χ2n) is 25.9. The van der Waals surface area contributed by atoms with Crippen LogP contribution in [0.1, 0.15) is 102 Å². The summed E-state index contributed by atoms with van der Waals surface area (Å²) < 4.78 is 35.9. The lowest BCUT2D eigenvalue weighted by atomic mass is 9.91. The number of hydrogen-bond acceptors (Lipinski definition) is 18. The van der Waals surface area contributed by atoms with E-state index >= 15 is 4.39 Å². The number of aliphatic hydroxyl groups excluding tert-OH is 1. The molecule has 2 bridgehead atoms. The van der Waals surface area contributed by atoms with E-state index in [0.29, 0.717) is 60.3 Å². The highest BCUT2D eigenvalue weighted by Gasteiger charge is 2.47. The number of aliphatic hydroxyl groups is 1. The normalized spacial score (nSPS) is 21.9. The summed E-state index contributed by atoms with van der Waals surface area (Å²) in [6.07, 6.45) is 2.85. The smallest absolute Gasteiger partial charge is 0.410 e. The molecule has 7 atom stereocenters. The van der Waals surface area contributed by atoms with Crippen molar-refractivity contribution in [1.29, 1.82) is 0 Å². The number of aryl methyl sites for hydroxylation is 2. The fraction of sp³-hybridized carbons (Fsp3) is 0.508. The number of hydrogen-bond donors (Lipinski definition) is 3. The molecule has 7 aromatic rings. The van der Waals surface area contributed by atoms with Gasteiger partial charge in [0.25, 0.3) is 0 Å². The summed E-state index contributed by atoms with van der Waals surface area (Å²) in [6.45, 7) is 21.3. The Balaban J connectivity index is 0.706. The largest absolute Gasteiger partial charge is 0.508 e. The number of ether oxygens (including phenoxy) is 2. The third-order valence-electron chi connectivity index (χ3n) is 18.2. The van der Waals surface area contributed by atoms with Crippen LogP contribution in [0.5, 0.6) is 11.8 Å². The lowest BCUT2D eigenvalue weighted by Gasteiger charge is -2.45. The number of likely N-dealkylation sites (N-methyl/N-ethyl adjacent to an activating group) is 1. The average molecular weight is 1210 g/mol. The highest BCUT2D eigenvalue weighted by atomic mass is 32.1. The molecule has 0 saturated carbocycles. The number of anilines is 2. The van der Waals surface area contributed by atoms with Gasteiger partial charge < -0.3 is 44.2 Å². The Morgan fingerprint density at radius 1 is 0.931 bits per heavy atom. The Kier molecular flexibility index (Phi) is 16.6. The zero-order chi connectivity index (χ0) is 61.2. The number of aromatic nitrogens is 5. The maximum atomic E-state index is 17.6. The van der Waals surface area contributed by atoms with Gasteiger partial charge in [-0.25, -0.2) is 14.2 Å². The summed E-state index contributed by atoms with van der Waals surface area (Å²) in [7, 11) is 2.08. The van der Waals surface area contributed by atoms with Gasteiger partial charge in [-0.3, -0.25) is 29.3 Å². The predicted molar refractivity (Wildman–Crippen MR) is 331 cm³/mol. The van der Waals surface area contributed by atoms with E-state index < -0.39 is 29.5 Å². The Hall–Kier alpha value is -7.53. The minimum absolute atomic E-state index is 0.000988. The molecule has 3 amide bonds. The number of β-amino-alcohol motifs (C(OH)–C–C–N with tert-alkyl or cyclic N) is 1. The number of piperazine rings is 2. The summed E-state index contributed by atoms with van der Waals surface area (Å²) in [4.78, 5) is 74.3. The van der Waals surface area contributed by atoms with E-state index in [1.165, 1.54) is 4.90 Å². The molecular formula is C65H79FN12O8S. The molecule has 0 spiro atoms. The second-order valence-corrected chi connectivity index (χ2v) is 26.7. The van der Waals surface area contributed by atoms with Gasteiger partial charge in [0.05, 0.1) is 51.7 Å². The van der Waals surface area contributed by atoms with Crippen LogP contribution >= 0.6 is 11.3 Å². The van der Waals surface area contributed by atoms with Crippen molar-refractivity contribution in [1.82, 2.24) is 50.0 Å². The van der Waals surface area contributed by atoms with E-state index in [1.54, 1.807) is 29.7 Å². The number of phenolic OH excluding ortho intramolecular Hbond substituents is 1. The molecule has 5 saturated heterocycles. The van der Waals surface area contributed by atoms with Gasteiger partial charge in [0, 0.05) is 89.1 Å². The molecular weight excluding hydrogens is 1130 g/mol. The van der Waals surface area contributed by atoms with Crippen molar-refractivity contribution in [3.05, 3.63) is 101 Å². The first-order valence-corrected chi connectivity index (χ1v) is 31.5. The molecule has 5 aliphatic rings. The molecule has 5 aliphatic heterocycles. The molecule has 20 nitrogen and oxygen atoms in total. The number of rotatable bonds is 16. The van der Waals surface area contributed by atoms with Gasteiger partial charge in [0.2, 0.25) is 11.8 Å². The average Bonchev–Trinajstić information content (AvgIpc) is 1.54. The molecule has 0 radical (unpaired) electrons. The molecule has 2 unspecified atom stereocenters. The van der Waals surface area contributed by atoms with Gasteiger partial charge in [-0.15, -0.1) is 11.3 Å². The van der Waals surface area contributed by atoms with E-state index in [2.05, 4.69) is 42.1 Å². The van der Waals surface area contributed by atoms with Crippen LogP contribution in [0, 0.1) is 24.6 Å². The van der Waals surface area contributed by atoms with Crippen molar-refractivity contribution in [2.75, 3.05) is 82.4 Å². The van der Waals surface area contributed by atoms with Gasteiger partial charge in [-0.05, 0) is 106 Å². The summed E-state index contributed by atoms with van der Waals surface area (Å²) in [5.74, 6) is -0.263. The lowest BCUT2D eigenvalue weighted by molar-refractivity contribution is -0.141. The van der Waals surface area contributed by atoms with E-state index in [4.69, 9.17) is 28.9 Å². The first-order chi connectivity index (χ1) is 41.7. The highest BCUT2D eigenvalue weighted by Crippen LogP contribution is 2.42. The van der Waals surface area contributed by atoms with Crippen molar-refractivity contribution in [3.8, 4) is 33.5 Å². The monoisotopic (exact) mass is 1210 g/mol. The maximum Gasteiger partial charge on any atom is 0.410 e. The SMILES string of the molecule is CCc1cccc2cc(O)cc(-c3ncc4c(N5CC6CCC(C5)N6C(=O)OC(C)(C)C)nc(OC[C@H]5CN(CC6CN(c7cc([C@H](C(=O)N8C[C@H](O)C[C@H]8C(=O)N[C@@H](C)c8ccc(-c9scnc9C)cc8)C(C)C)on7)C6)CCN5C)nc4c3F)c12. The summed E-state index contributed by atoms with van der Waals surface area (Å²) >= 11 is 1.59. The third-order valence-corrected chi connectivity index (χ3v) is 19.2. The molecule has 5 fully saturated rings. The number of pyridine rings is 1. The molecule has 87 heavy (non-hydrogen) atoms. The quantitative estimate of drug-likeness (QED) is 0.0822. The van der Waals surface area contributed by atoms with E-state index in [9.17, 15) is 24.6 Å². The number of benzene rings is 3. The molecule has 3 aromatic carbocycles. The van der Waals surface area contributed by atoms with Crippen LogP contribution in [-0.4, -0.2) is 181 Å². The van der Waals surface area contributed by atoms with Crippen LogP contribution in [0.3, 0.4) is 0 Å². The zero-order valence-electron chi connectivity index (χ0n) is 51.1. The summed E-state index contributed by atoms with van der Waals surface area (Å²) in [5.41, 5.74) is 5.72. The number of halogens is 1. The first kappa shape index (κ1) is 59.8. The van der Waals surface area contributed by atoms with Crippen molar-refractivity contribution < 1.29 is 43.0 Å². The molecule has 4 aromatic heterocycles. The topological polar surface area (TPSA) is 219 Å². The Labute approximate surface area is 510 Å². The van der Waals surface area contributed by atoms with Crippen LogP contribution < -0.4 is 19.9 Å². The van der Waals surface area contributed by atoms with Gasteiger partial charge in [-0.1, -0.05) is 68.4 Å². The van der Waals surface area contributed by atoms with Gasteiger partial charge >= 0.3 is 12.1 Å². The summed E-state index contributed by atoms with van der Waals surface area (Å²) in [5, 5.41) is 31.3. The molecule has 460 valence electrons. The van der Waals surface area contributed by atoms with Crippen LogP contribution in [0.2, 0.25) is 0 Å². The molecule has 0 aliphatic carbocycles. The number of nitrogens with one attached hydrogen (secondary N) is 1. The number of nitrogens with zero attached hydrogens (tertiary/aromatic N) is 11. The number of aromatic hydroxyl groups is 1. The van der Waals surface area contributed by atoms with Crippen molar-refractivity contribution in [3.63, 3.8) is 0 Å². The van der Waals surface area contributed by atoms with Crippen molar-refractivity contribution in [2.24, 2.45) is 11.8 Å². The standard InChI is InChI=1S/C65H79FN12O8S/c1-10-40-12-11-13-43-22-47(79)23-49(55(40)43)57-56(66)58-50(26-67-57)60(76-31-44-18-19-45(32-76)78(44)64(83)85-65(6,7)8)71-63(70-58)84-34-46-30-74(21-20-73(46)9)27-39-28-75(29-39)53-25-52(86-72-53)54(36(2)3)62(82)77-33-48(80)24-51(77)61(81)69-37(4)41-14-16-42(17-15-41)59-38(5)68-35-87-59/h11-17,22-23,25-26,35-37,39,44-46,48,51,54,79-80H,10,18-21,24,27-34H2,1-9H3,(H,69,81)/t37-,44?,45?,46+,48+,51-,54+/m0/s1. The molecule has 9 heterocycles. The van der Waals surface area contributed by atoms with Gasteiger partial charge in [-0.2, -0.15) is 9.97 Å². The second kappa shape index (κ2) is 24.2. The van der Waals surface area contributed by atoms with Crippen LogP contribution in [0.4, 0.5) is 20.8 Å². The fourth-order valence-electron chi connectivity index (χ4n) is 13.6. The Morgan fingerprint density at radius 2 is 1.69 bits per heavy atom. The van der Waals surface area contributed by atoms with Crippen LogP contribution in [0.15, 0.2) is 76.9 Å². The minimum Gasteiger partial charge on any atom is -0.508 e. The van der Waals surface area contributed by atoms with Gasteiger partial charge in [0.15, 0.2) is 17.4 Å². The van der Waals surface area contributed by atoms with Crippen molar-refractivity contribution in [2.45, 2.75) is 129 Å². The van der Waals surface area contributed by atoms with E-state index in [0.717, 1.165) is 83.6 Å². The maximum absolute atomic E-state index is 17.6. The number of amides is 3. The van der Waals surface area contributed by atoms with Crippen LogP contribution in [-0.2, 0) is 20.7 Å². The number of carbonyl (C=O) groups excluding carboxylic acids is 3. The zero-order valence-corrected chi connectivity index (χ0v) is 51.9. The minimum atomic E-state index is -0.847. The third kappa shape index (κ3) is 12.1. The number of phenols is 1. The Bertz CT molecular complexity index is 3690. The number of fused-ring (bicyclic) bond motifs is 4. The lowest BCUT2D eigenvalue weighted by Crippen LogP contribution is -2.58. The molecule has 12 rings (SSSR count). The highest BCUT2D eigenvalue weighted by molar-refractivity contribution is 7.13. The fourth-order valence-corrected chi connectivity index (χ4v) is 14.4. The van der Waals surface area contributed by atoms with E-state index in [1.807, 2.05) is 114 Å². The Morgan fingerprint density at radius 3 is 2.39 bits per heavy atom. The number of likely N-dealkylation sites (tertiary alicyclic amines) is 1. The first-order valence-electron chi connectivity index (χ1n) is 30.6.